The van der Waals surface area contributed by atoms with Gasteiger partial charge in [0.05, 0.1) is 11.3 Å². The quantitative estimate of drug-likeness (QED) is 0.702. The third kappa shape index (κ3) is 4.29. The van der Waals surface area contributed by atoms with Gasteiger partial charge in [-0.2, -0.15) is 0 Å². The normalized spacial score (nSPS) is 21.2. The van der Waals surface area contributed by atoms with Crippen molar-refractivity contribution in [2.45, 2.75) is 45.1 Å². The van der Waals surface area contributed by atoms with Crippen LogP contribution >= 0.6 is 0 Å². The Balaban J connectivity index is 1.28. The lowest BCUT2D eigenvalue weighted by Crippen LogP contribution is -2.47. The predicted molar refractivity (Wildman–Crippen MR) is 111 cm³/mol. The van der Waals surface area contributed by atoms with E-state index in [-0.39, 0.29) is 17.3 Å². The number of nitrogens with one attached hydrogen (secondary N) is 1. The molecular formula is C24H28F2N2O. The molecule has 0 radical (unpaired) electrons. The lowest BCUT2D eigenvalue weighted by Gasteiger charge is -2.41. The highest BCUT2D eigenvalue weighted by Gasteiger charge is 2.39. The van der Waals surface area contributed by atoms with Gasteiger partial charge in [0.2, 0.25) is 0 Å². The van der Waals surface area contributed by atoms with Crippen LogP contribution in [0.1, 0.15) is 54.9 Å². The van der Waals surface area contributed by atoms with Crippen molar-refractivity contribution >= 4 is 11.6 Å². The van der Waals surface area contributed by atoms with E-state index in [1.54, 1.807) is 13.8 Å². The second kappa shape index (κ2) is 8.13. The molecule has 2 aromatic carbocycles. The van der Waals surface area contributed by atoms with Crippen molar-refractivity contribution < 1.29 is 13.6 Å². The van der Waals surface area contributed by atoms with Crippen LogP contribution in [-0.4, -0.2) is 25.0 Å². The minimum atomic E-state index is -1.06. The maximum Gasteiger partial charge on any atom is 0.254 e. The van der Waals surface area contributed by atoms with E-state index in [4.69, 9.17) is 0 Å². The fraction of sp³-hybridized carbons (Fsp3) is 0.458. The van der Waals surface area contributed by atoms with Crippen LogP contribution < -0.4 is 10.2 Å². The molecule has 5 heteroatoms. The summed E-state index contributed by atoms with van der Waals surface area (Å²) in [5.41, 5.74) is 1.46. The summed E-state index contributed by atoms with van der Waals surface area (Å²) in [4.78, 5) is 13.9. The van der Waals surface area contributed by atoms with Crippen molar-refractivity contribution in [1.29, 1.82) is 0 Å². The zero-order chi connectivity index (χ0) is 20.5. The van der Waals surface area contributed by atoms with Gasteiger partial charge in [-0.05, 0) is 68.6 Å². The summed E-state index contributed by atoms with van der Waals surface area (Å²) in [6.07, 6.45) is 3.59. The van der Waals surface area contributed by atoms with Crippen LogP contribution in [0.15, 0.2) is 42.5 Å². The van der Waals surface area contributed by atoms with Gasteiger partial charge in [0, 0.05) is 19.1 Å². The van der Waals surface area contributed by atoms with Crippen LogP contribution in [0.3, 0.4) is 0 Å². The first-order chi connectivity index (χ1) is 13.9. The fourth-order valence-corrected chi connectivity index (χ4v) is 4.37. The Morgan fingerprint density at radius 2 is 1.79 bits per heavy atom. The van der Waals surface area contributed by atoms with E-state index < -0.39 is 17.5 Å². The number of rotatable bonds is 7. The van der Waals surface area contributed by atoms with E-state index in [9.17, 15) is 13.6 Å². The van der Waals surface area contributed by atoms with Crippen LogP contribution in [0, 0.1) is 23.5 Å². The molecule has 2 fully saturated rings. The maximum atomic E-state index is 14.5. The van der Waals surface area contributed by atoms with Gasteiger partial charge in [0.1, 0.15) is 0 Å². The summed E-state index contributed by atoms with van der Waals surface area (Å²) in [5, 5.41) is 2.60. The van der Waals surface area contributed by atoms with Crippen LogP contribution in [0.4, 0.5) is 14.5 Å². The Kier molecular flexibility index (Phi) is 5.57. The first-order valence-corrected chi connectivity index (χ1v) is 10.5. The van der Waals surface area contributed by atoms with Gasteiger partial charge < -0.3 is 10.2 Å². The fourth-order valence-electron chi connectivity index (χ4n) is 4.37. The molecule has 154 valence electrons. The van der Waals surface area contributed by atoms with E-state index in [1.165, 1.54) is 30.5 Å². The number of hydrogen-bond donors (Lipinski definition) is 1. The van der Waals surface area contributed by atoms with Crippen LogP contribution in [0.5, 0.6) is 0 Å². The van der Waals surface area contributed by atoms with Gasteiger partial charge in [0.25, 0.3) is 5.91 Å². The minimum Gasteiger partial charge on any atom is -0.368 e. The molecule has 1 aliphatic heterocycles. The van der Waals surface area contributed by atoms with Crippen molar-refractivity contribution in [3.63, 3.8) is 0 Å². The molecule has 29 heavy (non-hydrogen) atoms. The maximum absolute atomic E-state index is 14.5. The Hall–Kier alpha value is -2.43. The Morgan fingerprint density at radius 1 is 1.07 bits per heavy atom. The summed E-state index contributed by atoms with van der Waals surface area (Å²) in [6.45, 7) is 5.06. The van der Waals surface area contributed by atoms with Crippen molar-refractivity contribution in [3.05, 3.63) is 65.2 Å². The van der Waals surface area contributed by atoms with Gasteiger partial charge in [-0.1, -0.05) is 30.3 Å². The molecule has 2 aromatic rings. The first-order valence-electron chi connectivity index (χ1n) is 10.5. The second-order valence-electron chi connectivity index (χ2n) is 8.75. The van der Waals surface area contributed by atoms with Gasteiger partial charge in [-0.15, -0.1) is 0 Å². The topological polar surface area (TPSA) is 32.3 Å². The summed E-state index contributed by atoms with van der Waals surface area (Å²) in [7, 11) is 0. The molecule has 3 nitrogen and oxygen atoms in total. The monoisotopic (exact) mass is 398 g/mol. The number of anilines is 1. The number of nitrogens with zero attached hydrogens (tertiary/aromatic N) is 1. The minimum absolute atomic E-state index is 0.131. The molecule has 0 aromatic heterocycles. The average molecular weight is 398 g/mol. The third-order valence-corrected chi connectivity index (χ3v) is 6.12. The van der Waals surface area contributed by atoms with E-state index in [0.29, 0.717) is 11.8 Å². The summed E-state index contributed by atoms with van der Waals surface area (Å²) in [6, 6.07) is 13.4. The zero-order valence-electron chi connectivity index (χ0n) is 17.0. The Labute approximate surface area is 171 Å². The highest BCUT2D eigenvalue weighted by Crippen LogP contribution is 2.50. The molecule has 1 amide bonds. The molecule has 2 atom stereocenters. The molecular weight excluding hydrogens is 370 g/mol. The number of carbonyl (C=O) groups is 1. The number of halogens is 2. The summed E-state index contributed by atoms with van der Waals surface area (Å²) in [5.74, 6) is -0.581. The van der Waals surface area contributed by atoms with Crippen LogP contribution in [-0.2, 0) is 0 Å². The lowest BCUT2D eigenvalue weighted by atomic mass is 9.92. The Morgan fingerprint density at radius 3 is 2.48 bits per heavy atom. The molecule has 0 spiro atoms. The van der Waals surface area contributed by atoms with E-state index in [2.05, 4.69) is 35.6 Å². The molecule has 1 aliphatic carbocycles. The van der Waals surface area contributed by atoms with E-state index >= 15 is 0 Å². The molecule has 2 aliphatic rings. The van der Waals surface area contributed by atoms with Gasteiger partial charge >= 0.3 is 0 Å². The molecule has 0 bridgehead atoms. The molecule has 4 rings (SSSR count). The zero-order valence-corrected chi connectivity index (χ0v) is 17.0. The van der Waals surface area contributed by atoms with Gasteiger partial charge in [0.15, 0.2) is 11.6 Å². The number of benzene rings is 2. The van der Waals surface area contributed by atoms with Crippen LogP contribution in [0.2, 0.25) is 0 Å². The standard InChI is InChI=1S/C24H28F2N2O/c1-15(2)27-24(29)19-10-11-21(23(26)22(19)25)28-13-16(14-28)8-9-18-12-20(18)17-6-4-3-5-7-17/h3-7,10-11,15-16,18,20H,8-9,12-14H2,1-2H3,(H,27,29). The van der Waals surface area contributed by atoms with Gasteiger partial charge in [-0.3, -0.25) is 4.79 Å². The van der Waals surface area contributed by atoms with E-state index in [0.717, 1.165) is 25.4 Å². The summed E-state index contributed by atoms with van der Waals surface area (Å²) < 4.78 is 28.9. The third-order valence-electron chi connectivity index (χ3n) is 6.12. The van der Waals surface area contributed by atoms with Gasteiger partial charge in [-0.25, -0.2) is 8.78 Å². The smallest absolute Gasteiger partial charge is 0.254 e. The molecule has 1 N–H and O–H groups in total. The second-order valence-corrected chi connectivity index (χ2v) is 8.75. The van der Waals surface area contributed by atoms with Crippen molar-refractivity contribution in [2.75, 3.05) is 18.0 Å². The SMILES string of the molecule is CC(C)NC(=O)c1ccc(N2CC(CCC3CC3c3ccccc3)C2)c(F)c1F. The van der Waals surface area contributed by atoms with Crippen molar-refractivity contribution in [3.8, 4) is 0 Å². The number of amides is 1. The molecule has 1 heterocycles. The van der Waals surface area contributed by atoms with Crippen molar-refractivity contribution in [1.82, 2.24) is 5.32 Å². The Bertz CT molecular complexity index is 878. The predicted octanol–water partition coefficient (Wildman–Crippen LogP) is 5.12. The lowest BCUT2D eigenvalue weighted by molar-refractivity contribution is 0.0938. The number of carbonyl (C=O) groups excluding carboxylic acids is 1. The first kappa shape index (κ1) is 19.9. The average Bonchev–Trinajstić information content (AvgIpc) is 3.43. The largest absolute Gasteiger partial charge is 0.368 e. The molecule has 1 saturated carbocycles. The molecule has 1 saturated heterocycles. The van der Waals surface area contributed by atoms with Crippen LogP contribution in [0.25, 0.3) is 0 Å². The number of hydrogen-bond acceptors (Lipinski definition) is 2. The summed E-state index contributed by atoms with van der Waals surface area (Å²) >= 11 is 0. The highest BCUT2D eigenvalue weighted by molar-refractivity contribution is 5.95. The molecule has 2 unspecified atom stereocenters. The van der Waals surface area contributed by atoms with E-state index in [1.807, 2.05) is 4.90 Å². The van der Waals surface area contributed by atoms with Crippen molar-refractivity contribution in [2.24, 2.45) is 11.8 Å². The highest BCUT2D eigenvalue weighted by atomic mass is 19.2.